The fourth-order valence-corrected chi connectivity index (χ4v) is 3.76. The van der Waals surface area contributed by atoms with E-state index in [2.05, 4.69) is 25.3 Å². The first-order chi connectivity index (χ1) is 15.1. The molecule has 2 aliphatic rings. The molecule has 32 heavy (non-hydrogen) atoms. The maximum absolute atomic E-state index is 12.4. The molecule has 4 rings (SSSR count). The number of hydrogen-bond acceptors (Lipinski definition) is 7. The Morgan fingerprint density at radius 1 is 1.25 bits per heavy atom. The number of aromatic nitrogens is 4. The fraction of sp³-hybridized carbons (Fsp3) is 0.526. The average Bonchev–Trinajstić information content (AvgIpc) is 3.34. The van der Waals surface area contributed by atoms with Gasteiger partial charge in [0.25, 0.3) is 5.91 Å². The number of rotatable bonds is 4. The van der Waals surface area contributed by atoms with E-state index in [-0.39, 0.29) is 12.0 Å². The minimum Gasteiger partial charge on any atom is -0.475 e. The molecule has 2 fully saturated rings. The van der Waals surface area contributed by atoms with Crippen molar-refractivity contribution in [3.63, 3.8) is 0 Å². The summed E-state index contributed by atoms with van der Waals surface area (Å²) in [5, 5.41) is 14.1. The fourth-order valence-electron chi connectivity index (χ4n) is 3.76. The van der Waals surface area contributed by atoms with Crippen molar-refractivity contribution in [1.29, 1.82) is 0 Å². The van der Waals surface area contributed by atoms with Gasteiger partial charge in [0.1, 0.15) is 6.10 Å². The largest absolute Gasteiger partial charge is 0.490 e. The Morgan fingerprint density at radius 3 is 2.59 bits per heavy atom. The van der Waals surface area contributed by atoms with E-state index in [0.29, 0.717) is 11.9 Å². The summed E-state index contributed by atoms with van der Waals surface area (Å²) in [5.41, 5.74) is 1.21. The summed E-state index contributed by atoms with van der Waals surface area (Å²) in [6.45, 7) is 1.87. The third-order valence-electron chi connectivity index (χ3n) is 5.16. The van der Waals surface area contributed by atoms with Crippen LogP contribution in [0.3, 0.4) is 0 Å². The molecule has 2 saturated heterocycles. The number of amides is 1. The molecule has 2 N–H and O–H groups in total. The van der Waals surface area contributed by atoms with Gasteiger partial charge in [0, 0.05) is 50.3 Å². The normalized spacial score (nSPS) is 23.1. The van der Waals surface area contributed by atoms with Gasteiger partial charge in [0.15, 0.2) is 5.82 Å². The number of carboxylic acid groups (broad SMARTS) is 1. The van der Waals surface area contributed by atoms with E-state index < -0.39 is 18.2 Å². The number of halogens is 3. The maximum atomic E-state index is 12.4. The number of alkyl halides is 3. The number of fused-ring (bicyclic) bond motifs is 1. The van der Waals surface area contributed by atoms with Crippen LogP contribution in [-0.4, -0.2) is 72.6 Å². The monoisotopic (exact) mass is 456 g/mol. The zero-order chi connectivity index (χ0) is 23.3. The second kappa shape index (κ2) is 10.0. The molecule has 0 bridgehead atoms. The molecule has 0 spiro atoms. The zero-order valence-corrected chi connectivity index (χ0v) is 17.2. The second-order valence-corrected chi connectivity index (χ2v) is 7.47. The van der Waals surface area contributed by atoms with E-state index in [9.17, 15) is 18.0 Å². The van der Waals surface area contributed by atoms with Gasteiger partial charge in [-0.05, 0) is 19.3 Å². The number of hydrogen-bond donors (Lipinski definition) is 2. The molecule has 2 aromatic rings. The van der Waals surface area contributed by atoms with Crippen LogP contribution >= 0.6 is 0 Å². The van der Waals surface area contributed by atoms with E-state index >= 15 is 0 Å². The van der Waals surface area contributed by atoms with Crippen LogP contribution in [0.15, 0.2) is 31.0 Å². The van der Waals surface area contributed by atoms with Crippen LogP contribution in [0.2, 0.25) is 0 Å². The molecular weight excluding hydrogens is 433 g/mol. The Bertz CT molecular complexity index is 923. The van der Waals surface area contributed by atoms with Crippen molar-refractivity contribution in [3.05, 3.63) is 36.5 Å². The number of aliphatic carboxylic acids is 1. The molecule has 3 atom stereocenters. The minimum atomic E-state index is -5.08. The van der Waals surface area contributed by atoms with Crippen molar-refractivity contribution in [2.45, 2.75) is 50.2 Å². The summed E-state index contributed by atoms with van der Waals surface area (Å²) in [6, 6.07) is 0.376. The highest BCUT2D eigenvalue weighted by atomic mass is 19.4. The van der Waals surface area contributed by atoms with Crippen molar-refractivity contribution in [3.8, 4) is 0 Å². The van der Waals surface area contributed by atoms with Gasteiger partial charge in [-0.15, -0.1) is 0 Å². The van der Waals surface area contributed by atoms with E-state index in [1.807, 2.05) is 24.1 Å². The third kappa shape index (κ3) is 6.23. The second-order valence-electron chi connectivity index (χ2n) is 7.47. The predicted octanol–water partition coefficient (Wildman–Crippen LogP) is 1.60. The van der Waals surface area contributed by atoms with Crippen LogP contribution < -0.4 is 5.32 Å². The van der Waals surface area contributed by atoms with Crippen LogP contribution in [-0.2, 0) is 27.9 Å². The quantitative estimate of drug-likeness (QED) is 0.712. The Hall–Kier alpha value is -3.06. The molecule has 13 heteroatoms. The smallest absolute Gasteiger partial charge is 0.475 e. The Labute approximate surface area is 181 Å². The molecule has 174 valence electrons. The molecule has 0 unspecified atom stereocenters. The third-order valence-corrected chi connectivity index (χ3v) is 5.16. The molecule has 1 amide bonds. The molecule has 0 aromatic carbocycles. The number of likely N-dealkylation sites (tertiary alicyclic amines) is 1. The van der Waals surface area contributed by atoms with Crippen LogP contribution in [0, 0.1) is 0 Å². The summed E-state index contributed by atoms with van der Waals surface area (Å²) in [5.74, 6) is -2.43. The first-order valence-electron chi connectivity index (χ1n) is 9.87. The van der Waals surface area contributed by atoms with E-state index in [0.717, 1.165) is 32.4 Å². The van der Waals surface area contributed by atoms with Gasteiger partial charge in [-0.1, -0.05) is 0 Å². The van der Waals surface area contributed by atoms with Crippen LogP contribution in [0.1, 0.15) is 24.8 Å². The molecule has 10 nitrogen and oxygen atoms in total. The summed E-state index contributed by atoms with van der Waals surface area (Å²) >= 11 is 0. The Kier molecular flexibility index (Phi) is 7.40. The van der Waals surface area contributed by atoms with Gasteiger partial charge >= 0.3 is 12.1 Å². The van der Waals surface area contributed by atoms with Crippen LogP contribution in [0.5, 0.6) is 0 Å². The molecule has 4 heterocycles. The SMILES string of the molecule is Cn1cc(CN2CC[C@H]3O[C@H](C(=O)Nc4cnccn4)CC[C@H]32)cn1.O=C(O)C(F)(F)F. The van der Waals surface area contributed by atoms with Gasteiger partial charge in [-0.3, -0.25) is 19.4 Å². The van der Waals surface area contributed by atoms with Crippen molar-refractivity contribution in [2.75, 3.05) is 11.9 Å². The summed E-state index contributed by atoms with van der Waals surface area (Å²) in [6.07, 6.45) is 5.88. The summed E-state index contributed by atoms with van der Waals surface area (Å²) in [7, 11) is 1.93. The van der Waals surface area contributed by atoms with Crippen LogP contribution in [0.4, 0.5) is 19.0 Å². The van der Waals surface area contributed by atoms with Crippen molar-refractivity contribution in [1.82, 2.24) is 24.6 Å². The summed E-state index contributed by atoms with van der Waals surface area (Å²) < 4.78 is 39.7. The lowest BCUT2D eigenvalue weighted by Crippen LogP contribution is -2.46. The number of nitrogens with one attached hydrogen (secondary N) is 1. The number of carbonyl (C=O) groups is 2. The number of carbonyl (C=O) groups excluding carboxylic acids is 1. The maximum Gasteiger partial charge on any atom is 0.490 e. The van der Waals surface area contributed by atoms with E-state index in [1.165, 1.54) is 11.8 Å². The highest BCUT2D eigenvalue weighted by Crippen LogP contribution is 2.32. The van der Waals surface area contributed by atoms with E-state index in [4.69, 9.17) is 14.6 Å². The Morgan fingerprint density at radius 2 is 2.00 bits per heavy atom. The lowest BCUT2D eigenvalue weighted by molar-refractivity contribution is -0.192. The first kappa shape index (κ1) is 23.6. The van der Waals surface area contributed by atoms with Gasteiger partial charge < -0.3 is 15.2 Å². The minimum absolute atomic E-state index is 0.114. The number of nitrogens with zero attached hydrogens (tertiary/aromatic N) is 5. The lowest BCUT2D eigenvalue weighted by atomic mass is 9.98. The highest BCUT2D eigenvalue weighted by molar-refractivity contribution is 5.93. The topological polar surface area (TPSA) is 122 Å². The van der Waals surface area contributed by atoms with Crippen molar-refractivity contribution < 1.29 is 32.6 Å². The number of carboxylic acids is 1. The van der Waals surface area contributed by atoms with Crippen molar-refractivity contribution >= 4 is 17.7 Å². The average molecular weight is 456 g/mol. The van der Waals surface area contributed by atoms with Gasteiger partial charge in [-0.25, -0.2) is 9.78 Å². The number of aryl methyl sites for hydroxylation is 1. The molecule has 2 aliphatic heterocycles. The number of anilines is 1. The van der Waals surface area contributed by atoms with Crippen LogP contribution in [0.25, 0.3) is 0 Å². The number of ether oxygens (including phenoxy) is 1. The highest BCUT2D eigenvalue weighted by Gasteiger charge is 2.41. The molecule has 2 aromatic heterocycles. The van der Waals surface area contributed by atoms with Gasteiger partial charge in [0.2, 0.25) is 0 Å². The Balaban J connectivity index is 0.000000360. The lowest BCUT2D eigenvalue weighted by Gasteiger charge is -2.35. The van der Waals surface area contributed by atoms with Gasteiger partial charge in [-0.2, -0.15) is 18.3 Å². The standard InChI is InChI=1S/C17H22N6O2.C2HF3O2/c1-22-10-12(8-20-22)11-23-7-4-14-13(23)2-3-15(25-14)17(24)21-16-9-18-5-6-19-16;3-2(4,5)1(6)7/h5-6,8-10,13-15H,2-4,7,11H2,1H3,(H,19,21,24);(H,6,7)/t13-,14-,15+;/m1./s1. The van der Waals surface area contributed by atoms with Gasteiger partial charge in [0.05, 0.1) is 18.5 Å². The zero-order valence-electron chi connectivity index (χ0n) is 17.2. The summed E-state index contributed by atoms with van der Waals surface area (Å²) in [4.78, 5) is 31.8. The molecular formula is C19H23F3N6O4. The predicted molar refractivity (Wildman–Crippen MR) is 104 cm³/mol. The molecule has 0 radical (unpaired) electrons. The first-order valence-corrected chi connectivity index (χ1v) is 9.87. The van der Waals surface area contributed by atoms with E-state index in [1.54, 1.807) is 12.4 Å². The molecule has 0 saturated carbocycles. The molecule has 0 aliphatic carbocycles. The van der Waals surface area contributed by atoms with Crippen molar-refractivity contribution in [2.24, 2.45) is 7.05 Å².